The molecule has 0 amide bonds. The van der Waals surface area contributed by atoms with Crippen LogP contribution in [-0.4, -0.2) is 24.9 Å². The second-order valence-corrected chi connectivity index (χ2v) is 4.65. The molecule has 0 aliphatic carbocycles. The van der Waals surface area contributed by atoms with E-state index in [1.807, 2.05) is 30.3 Å². The smallest absolute Gasteiger partial charge is 0.237 e. The molecule has 6 nitrogen and oxygen atoms in total. The first-order valence-electron chi connectivity index (χ1n) is 6.72. The Labute approximate surface area is 125 Å². The minimum Gasteiger partial charge on any atom is -0.438 e. The number of nitrogens with zero attached hydrogens (tertiary/aromatic N) is 4. The average Bonchev–Trinajstić information content (AvgIpc) is 3.00. The van der Waals surface area contributed by atoms with E-state index < -0.39 is 0 Å². The Hall–Kier alpha value is -3.28. The minimum atomic E-state index is 0.463. The van der Waals surface area contributed by atoms with Gasteiger partial charge in [-0.2, -0.15) is 0 Å². The summed E-state index contributed by atoms with van der Waals surface area (Å²) in [6, 6.07) is 9.50. The third-order valence-electron chi connectivity index (χ3n) is 3.17. The molecule has 0 spiro atoms. The van der Waals surface area contributed by atoms with Crippen LogP contribution in [0.1, 0.15) is 0 Å². The van der Waals surface area contributed by atoms with Crippen LogP contribution < -0.4 is 4.74 Å². The Balaban J connectivity index is 1.61. The highest BCUT2D eigenvalue weighted by atomic mass is 16.5. The predicted octanol–water partition coefficient (Wildman–Crippen LogP) is 3.21. The summed E-state index contributed by atoms with van der Waals surface area (Å²) < 4.78 is 5.61. The molecule has 0 bridgehead atoms. The van der Waals surface area contributed by atoms with Gasteiger partial charge < -0.3 is 9.72 Å². The van der Waals surface area contributed by atoms with Gasteiger partial charge in [0.1, 0.15) is 11.6 Å². The van der Waals surface area contributed by atoms with Crippen molar-refractivity contribution in [3.63, 3.8) is 0 Å². The number of imidazole rings is 1. The molecule has 1 N–H and O–H groups in total. The van der Waals surface area contributed by atoms with Crippen molar-refractivity contribution in [3.05, 3.63) is 61.3 Å². The van der Waals surface area contributed by atoms with E-state index in [4.69, 9.17) is 4.74 Å². The molecule has 22 heavy (non-hydrogen) atoms. The van der Waals surface area contributed by atoms with E-state index in [9.17, 15) is 0 Å². The Bertz CT molecular complexity index is 870. The molecule has 0 saturated carbocycles. The number of rotatable bonds is 3. The number of aromatic amines is 1. The molecule has 0 aliphatic rings. The van der Waals surface area contributed by atoms with Gasteiger partial charge in [-0.25, -0.2) is 9.97 Å². The maximum atomic E-state index is 5.61. The van der Waals surface area contributed by atoms with Crippen molar-refractivity contribution in [2.75, 3.05) is 0 Å². The van der Waals surface area contributed by atoms with Gasteiger partial charge in [0.15, 0.2) is 0 Å². The largest absolute Gasteiger partial charge is 0.438 e. The average molecular weight is 289 g/mol. The Morgan fingerprint density at radius 3 is 2.50 bits per heavy atom. The Morgan fingerprint density at radius 2 is 1.73 bits per heavy atom. The number of aromatic nitrogens is 5. The SMILES string of the molecule is c1cnc(Oc2ccc(-c3nc4ccncc4[nH]3)cc2)cn1. The number of fused-ring (bicyclic) bond motifs is 1. The first-order chi connectivity index (χ1) is 10.9. The van der Waals surface area contributed by atoms with Gasteiger partial charge in [0, 0.05) is 24.2 Å². The molecule has 106 valence electrons. The minimum absolute atomic E-state index is 0.463. The highest BCUT2D eigenvalue weighted by Crippen LogP contribution is 2.24. The molecule has 0 aliphatic heterocycles. The summed E-state index contributed by atoms with van der Waals surface area (Å²) in [5, 5.41) is 0. The molecule has 0 radical (unpaired) electrons. The van der Waals surface area contributed by atoms with Crippen LogP contribution in [0.25, 0.3) is 22.4 Å². The van der Waals surface area contributed by atoms with E-state index in [0.717, 1.165) is 22.4 Å². The van der Waals surface area contributed by atoms with Gasteiger partial charge in [-0.05, 0) is 30.3 Å². The van der Waals surface area contributed by atoms with Crippen LogP contribution in [0.4, 0.5) is 0 Å². The second kappa shape index (κ2) is 5.25. The third-order valence-corrected chi connectivity index (χ3v) is 3.17. The maximum absolute atomic E-state index is 5.61. The van der Waals surface area contributed by atoms with E-state index in [1.54, 1.807) is 31.0 Å². The monoisotopic (exact) mass is 289 g/mol. The van der Waals surface area contributed by atoms with Crippen LogP contribution in [0.5, 0.6) is 11.6 Å². The summed E-state index contributed by atoms with van der Waals surface area (Å²) in [5.41, 5.74) is 2.78. The van der Waals surface area contributed by atoms with Crippen molar-refractivity contribution in [2.45, 2.75) is 0 Å². The lowest BCUT2D eigenvalue weighted by atomic mass is 10.2. The zero-order valence-electron chi connectivity index (χ0n) is 11.5. The molecule has 4 aromatic rings. The lowest BCUT2D eigenvalue weighted by Gasteiger charge is -2.04. The molecular formula is C16H11N5O. The zero-order chi connectivity index (χ0) is 14.8. The molecular weight excluding hydrogens is 278 g/mol. The molecule has 3 aromatic heterocycles. The summed E-state index contributed by atoms with van der Waals surface area (Å²) >= 11 is 0. The van der Waals surface area contributed by atoms with E-state index in [-0.39, 0.29) is 0 Å². The summed E-state index contributed by atoms with van der Waals surface area (Å²) in [5.74, 6) is 1.96. The summed E-state index contributed by atoms with van der Waals surface area (Å²) in [7, 11) is 0. The van der Waals surface area contributed by atoms with Gasteiger partial charge >= 0.3 is 0 Å². The maximum Gasteiger partial charge on any atom is 0.237 e. The van der Waals surface area contributed by atoms with Crippen LogP contribution in [-0.2, 0) is 0 Å². The standard InChI is InChI=1S/C16H11N5O/c1-3-12(22-15-10-18-7-8-19-15)4-2-11(1)16-20-13-5-6-17-9-14(13)21-16/h1-10H,(H,20,21). The molecule has 3 heterocycles. The van der Waals surface area contributed by atoms with Crippen molar-refractivity contribution < 1.29 is 4.74 Å². The number of ether oxygens (including phenoxy) is 1. The normalized spacial score (nSPS) is 10.7. The van der Waals surface area contributed by atoms with Crippen molar-refractivity contribution in [1.82, 2.24) is 24.9 Å². The summed E-state index contributed by atoms with van der Waals surface area (Å²) in [6.45, 7) is 0. The highest BCUT2D eigenvalue weighted by molar-refractivity contribution is 5.78. The number of hydrogen-bond donors (Lipinski definition) is 1. The number of hydrogen-bond acceptors (Lipinski definition) is 5. The number of H-pyrrole nitrogens is 1. The van der Waals surface area contributed by atoms with Crippen LogP contribution >= 0.6 is 0 Å². The highest BCUT2D eigenvalue weighted by Gasteiger charge is 2.06. The topological polar surface area (TPSA) is 76.6 Å². The van der Waals surface area contributed by atoms with Crippen molar-refractivity contribution in [1.29, 1.82) is 0 Å². The van der Waals surface area contributed by atoms with Gasteiger partial charge in [0.2, 0.25) is 5.88 Å². The fraction of sp³-hybridized carbons (Fsp3) is 0. The third kappa shape index (κ3) is 2.37. The van der Waals surface area contributed by atoms with E-state index in [0.29, 0.717) is 11.6 Å². The van der Waals surface area contributed by atoms with Gasteiger partial charge in [-0.15, -0.1) is 0 Å². The van der Waals surface area contributed by atoms with Crippen LogP contribution in [0, 0.1) is 0 Å². The fourth-order valence-corrected chi connectivity index (χ4v) is 2.13. The van der Waals surface area contributed by atoms with Crippen molar-refractivity contribution in [3.8, 4) is 23.0 Å². The quantitative estimate of drug-likeness (QED) is 0.626. The molecule has 1 aromatic carbocycles. The van der Waals surface area contributed by atoms with Gasteiger partial charge in [0.25, 0.3) is 0 Å². The number of benzene rings is 1. The van der Waals surface area contributed by atoms with E-state index in [2.05, 4.69) is 24.9 Å². The first kappa shape index (κ1) is 12.5. The van der Waals surface area contributed by atoms with Crippen molar-refractivity contribution >= 4 is 11.0 Å². The predicted molar refractivity (Wildman–Crippen MR) is 81.4 cm³/mol. The number of pyridine rings is 1. The fourth-order valence-electron chi connectivity index (χ4n) is 2.13. The molecule has 4 rings (SSSR count). The first-order valence-corrected chi connectivity index (χ1v) is 6.72. The summed E-state index contributed by atoms with van der Waals surface area (Å²) in [6.07, 6.45) is 8.25. The number of nitrogens with one attached hydrogen (secondary N) is 1. The molecule has 0 fully saturated rings. The van der Waals surface area contributed by atoms with E-state index in [1.165, 1.54) is 0 Å². The lowest BCUT2D eigenvalue weighted by molar-refractivity contribution is 0.460. The van der Waals surface area contributed by atoms with Gasteiger partial charge in [-0.3, -0.25) is 9.97 Å². The summed E-state index contributed by atoms with van der Waals surface area (Å²) in [4.78, 5) is 19.9. The molecule has 0 unspecified atom stereocenters. The van der Waals surface area contributed by atoms with Gasteiger partial charge in [0.05, 0.1) is 23.4 Å². The molecule has 0 saturated heterocycles. The van der Waals surface area contributed by atoms with Crippen LogP contribution in [0.15, 0.2) is 61.3 Å². The van der Waals surface area contributed by atoms with Crippen LogP contribution in [0.3, 0.4) is 0 Å². The van der Waals surface area contributed by atoms with Crippen molar-refractivity contribution in [2.24, 2.45) is 0 Å². The lowest BCUT2D eigenvalue weighted by Crippen LogP contribution is -1.88. The molecule has 0 atom stereocenters. The zero-order valence-corrected chi connectivity index (χ0v) is 11.5. The van der Waals surface area contributed by atoms with Crippen LogP contribution in [0.2, 0.25) is 0 Å². The Kier molecular flexibility index (Phi) is 2.97. The second-order valence-electron chi connectivity index (χ2n) is 4.65. The van der Waals surface area contributed by atoms with Gasteiger partial charge in [-0.1, -0.05) is 0 Å². The van der Waals surface area contributed by atoms with E-state index >= 15 is 0 Å². The molecule has 6 heteroatoms. The Morgan fingerprint density at radius 1 is 0.864 bits per heavy atom.